The monoisotopic (exact) mass is 408 g/mol. The number of amides is 1. The van der Waals surface area contributed by atoms with Crippen molar-refractivity contribution < 1.29 is 22.5 Å². The predicted molar refractivity (Wildman–Crippen MR) is 107 cm³/mol. The zero-order valence-electron chi connectivity index (χ0n) is 16.6. The van der Waals surface area contributed by atoms with Gasteiger partial charge in [0.15, 0.2) is 6.54 Å². The highest BCUT2D eigenvalue weighted by molar-refractivity contribution is 7.89. The van der Waals surface area contributed by atoms with Gasteiger partial charge in [0.1, 0.15) is 12.4 Å². The summed E-state index contributed by atoms with van der Waals surface area (Å²) in [5.74, 6) is -0.503. The van der Waals surface area contributed by atoms with Crippen molar-refractivity contribution in [3.63, 3.8) is 0 Å². The molecule has 1 amide bonds. The van der Waals surface area contributed by atoms with E-state index in [1.165, 1.54) is 35.6 Å². The van der Waals surface area contributed by atoms with E-state index in [0.29, 0.717) is 12.2 Å². The molecule has 8 heteroatoms. The van der Waals surface area contributed by atoms with Crippen molar-refractivity contribution in [3.05, 3.63) is 59.9 Å². The van der Waals surface area contributed by atoms with Crippen LogP contribution >= 0.6 is 0 Å². The fraction of sp³-hybridized carbons (Fsp3) is 0.350. The number of hydrogen-bond acceptors (Lipinski definition) is 3. The van der Waals surface area contributed by atoms with Gasteiger partial charge in [0.2, 0.25) is 10.0 Å². The van der Waals surface area contributed by atoms with Crippen LogP contribution < -0.4 is 10.2 Å². The number of rotatable bonds is 8. The molecule has 1 unspecified atom stereocenters. The second kappa shape index (κ2) is 9.27. The van der Waals surface area contributed by atoms with Gasteiger partial charge in [0.25, 0.3) is 5.91 Å². The Labute approximate surface area is 166 Å². The van der Waals surface area contributed by atoms with Crippen LogP contribution in [0, 0.1) is 5.82 Å². The zero-order chi connectivity index (χ0) is 20.9. The standard InChI is InChI=1S/C20H26FN3O3S/c1-15(2)24(4)28(26,27)19-10-8-18(9-11-19)22-20(25)14-23(3)13-16-6-5-7-17(21)12-16/h5-12,15H,13-14H2,1-4H3,(H,22,25)/p+1. The van der Waals surface area contributed by atoms with Gasteiger partial charge in [-0.1, -0.05) is 12.1 Å². The molecule has 0 fully saturated rings. The number of nitrogens with one attached hydrogen (secondary N) is 2. The normalized spacial score (nSPS) is 13.0. The molecule has 0 spiro atoms. The number of likely N-dealkylation sites (N-methyl/N-ethyl adjacent to an activating group) is 1. The smallest absolute Gasteiger partial charge is 0.279 e. The number of benzene rings is 2. The van der Waals surface area contributed by atoms with Gasteiger partial charge in [-0.3, -0.25) is 4.79 Å². The minimum atomic E-state index is -3.55. The summed E-state index contributed by atoms with van der Waals surface area (Å²) < 4.78 is 39.5. The van der Waals surface area contributed by atoms with Crippen LogP contribution in [0.4, 0.5) is 10.1 Å². The van der Waals surface area contributed by atoms with E-state index < -0.39 is 10.0 Å². The minimum absolute atomic E-state index is 0.152. The first-order valence-corrected chi connectivity index (χ1v) is 10.5. The summed E-state index contributed by atoms with van der Waals surface area (Å²) in [5.41, 5.74) is 1.34. The SMILES string of the molecule is CC(C)N(C)S(=O)(=O)c1ccc(NC(=O)C[NH+](C)Cc2cccc(F)c2)cc1. The average Bonchev–Trinajstić information content (AvgIpc) is 2.61. The maximum Gasteiger partial charge on any atom is 0.279 e. The quantitative estimate of drug-likeness (QED) is 0.696. The molecule has 0 aliphatic heterocycles. The Hall–Kier alpha value is -2.29. The summed E-state index contributed by atoms with van der Waals surface area (Å²) in [7, 11) is -0.171. The largest absolute Gasteiger partial charge is 0.326 e. The van der Waals surface area contributed by atoms with Gasteiger partial charge in [-0.05, 0) is 50.2 Å². The average molecular weight is 409 g/mol. The van der Waals surface area contributed by atoms with Crippen LogP contribution in [0.25, 0.3) is 0 Å². The van der Waals surface area contributed by atoms with Crippen molar-refractivity contribution >= 4 is 21.6 Å². The topological polar surface area (TPSA) is 70.9 Å². The Kier molecular flexibility index (Phi) is 7.29. The van der Waals surface area contributed by atoms with Crippen LogP contribution in [0.1, 0.15) is 19.4 Å². The first-order valence-electron chi connectivity index (χ1n) is 9.03. The molecule has 28 heavy (non-hydrogen) atoms. The third-order valence-electron chi connectivity index (χ3n) is 4.40. The summed E-state index contributed by atoms with van der Waals surface area (Å²) in [4.78, 5) is 13.3. The molecule has 1 atom stereocenters. The number of sulfonamides is 1. The lowest BCUT2D eigenvalue weighted by Gasteiger charge is -2.21. The van der Waals surface area contributed by atoms with Crippen molar-refractivity contribution in [2.75, 3.05) is 26.0 Å². The lowest BCUT2D eigenvalue weighted by atomic mass is 10.2. The van der Waals surface area contributed by atoms with Crippen molar-refractivity contribution in [1.29, 1.82) is 0 Å². The Morgan fingerprint density at radius 3 is 2.39 bits per heavy atom. The molecule has 0 heterocycles. The molecule has 2 N–H and O–H groups in total. The predicted octanol–water partition coefficient (Wildman–Crippen LogP) is 1.51. The van der Waals surface area contributed by atoms with Gasteiger partial charge in [0, 0.05) is 24.3 Å². The van der Waals surface area contributed by atoms with E-state index in [-0.39, 0.29) is 29.2 Å². The third kappa shape index (κ3) is 5.85. The van der Waals surface area contributed by atoms with E-state index in [0.717, 1.165) is 10.5 Å². The molecule has 2 aromatic carbocycles. The highest BCUT2D eigenvalue weighted by atomic mass is 32.2. The van der Waals surface area contributed by atoms with Crippen molar-refractivity contribution in [2.45, 2.75) is 31.3 Å². The van der Waals surface area contributed by atoms with Crippen LogP contribution in [0.5, 0.6) is 0 Å². The van der Waals surface area contributed by atoms with Gasteiger partial charge in [-0.25, -0.2) is 12.8 Å². The highest BCUT2D eigenvalue weighted by Gasteiger charge is 2.23. The second-order valence-corrected chi connectivity index (χ2v) is 9.13. The van der Waals surface area contributed by atoms with E-state index in [2.05, 4.69) is 5.32 Å². The maximum absolute atomic E-state index is 13.2. The Morgan fingerprint density at radius 1 is 1.18 bits per heavy atom. The van der Waals surface area contributed by atoms with Gasteiger partial charge < -0.3 is 10.2 Å². The fourth-order valence-corrected chi connectivity index (χ4v) is 4.06. The molecule has 6 nitrogen and oxygen atoms in total. The van der Waals surface area contributed by atoms with Crippen molar-refractivity contribution in [2.24, 2.45) is 0 Å². The van der Waals surface area contributed by atoms with Crippen LogP contribution in [0.3, 0.4) is 0 Å². The fourth-order valence-electron chi connectivity index (χ4n) is 2.69. The summed E-state index contributed by atoms with van der Waals surface area (Å²) in [5, 5.41) is 2.76. The van der Waals surface area contributed by atoms with E-state index in [9.17, 15) is 17.6 Å². The van der Waals surface area contributed by atoms with E-state index in [4.69, 9.17) is 0 Å². The van der Waals surface area contributed by atoms with Crippen molar-refractivity contribution in [1.82, 2.24) is 4.31 Å². The van der Waals surface area contributed by atoms with Crippen LogP contribution in [0.15, 0.2) is 53.4 Å². The number of nitrogens with zero attached hydrogens (tertiary/aromatic N) is 1. The molecule has 0 aliphatic rings. The van der Waals surface area contributed by atoms with Gasteiger partial charge in [-0.2, -0.15) is 4.31 Å². The molecule has 0 aliphatic carbocycles. The van der Waals surface area contributed by atoms with Crippen molar-refractivity contribution in [3.8, 4) is 0 Å². The molecular weight excluding hydrogens is 381 g/mol. The molecule has 152 valence electrons. The number of halogens is 1. The molecule has 0 saturated heterocycles. The van der Waals surface area contributed by atoms with E-state index >= 15 is 0 Å². The Bertz CT molecular complexity index is 915. The maximum atomic E-state index is 13.2. The van der Waals surface area contributed by atoms with Gasteiger partial charge >= 0.3 is 0 Å². The van der Waals surface area contributed by atoms with Crippen LogP contribution in [0.2, 0.25) is 0 Å². The minimum Gasteiger partial charge on any atom is -0.326 e. The molecule has 2 aromatic rings. The first kappa shape index (κ1) is 22.0. The summed E-state index contributed by atoms with van der Waals surface area (Å²) >= 11 is 0. The first-order chi connectivity index (χ1) is 13.1. The van der Waals surface area contributed by atoms with Crippen LogP contribution in [-0.4, -0.2) is 45.3 Å². The molecule has 0 saturated carbocycles. The molecule has 0 bridgehead atoms. The van der Waals surface area contributed by atoms with E-state index in [1.807, 2.05) is 13.1 Å². The lowest BCUT2D eigenvalue weighted by molar-refractivity contribution is -0.885. The summed E-state index contributed by atoms with van der Waals surface area (Å²) in [6.07, 6.45) is 0. The molecular formula is C20H27FN3O3S+. The molecule has 0 aromatic heterocycles. The Morgan fingerprint density at radius 2 is 1.82 bits per heavy atom. The van der Waals surface area contributed by atoms with Gasteiger partial charge in [-0.15, -0.1) is 0 Å². The summed E-state index contributed by atoms with van der Waals surface area (Å²) in [6, 6.07) is 12.2. The second-order valence-electron chi connectivity index (χ2n) is 7.13. The Balaban J connectivity index is 1.95. The molecule has 2 rings (SSSR count). The van der Waals surface area contributed by atoms with Crippen LogP contribution in [-0.2, 0) is 21.4 Å². The summed E-state index contributed by atoms with van der Waals surface area (Å²) in [6.45, 7) is 4.32. The number of carbonyl (C=O) groups is 1. The van der Waals surface area contributed by atoms with Gasteiger partial charge in [0.05, 0.1) is 11.9 Å². The highest BCUT2D eigenvalue weighted by Crippen LogP contribution is 2.18. The number of hydrogen-bond donors (Lipinski definition) is 2. The third-order valence-corrected chi connectivity index (χ3v) is 6.45. The number of quaternary nitrogens is 1. The zero-order valence-corrected chi connectivity index (χ0v) is 17.4. The van der Waals surface area contributed by atoms with E-state index in [1.54, 1.807) is 32.0 Å². The number of anilines is 1. The number of carbonyl (C=O) groups excluding carboxylic acids is 1. The lowest BCUT2D eigenvalue weighted by Crippen LogP contribution is -3.08. The molecule has 0 radical (unpaired) electrons.